The van der Waals surface area contributed by atoms with Gasteiger partial charge in [0.05, 0.1) is 11.6 Å². The third-order valence-electron chi connectivity index (χ3n) is 3.66. The van der Waals surface area contributed by atoms with Crippen molar-refractivity contribution in [3.63, 3.8) is 0 Å². The molecule has 2 aromatic rings. The summed E-state index contributed by atoms with van der Waals surface area (Å²) in [6, 6.07) is 17.7. The van der Waals surface area contributed by atoms with Gasteiger partial charge in [-0.3, -0.25) is 0 Å². The van der Waals surface area contributed by atoms with E-state index < -0.39 is 0 Å². The number of benzene rings is 2. The highest BCUT2D eigenvalue weighted by Gasteiger charge is 1.99. The Hall–Kier alpha value is -2.79. The molecule has 2 aromatic carbocycles. The largest absolute Gasteiger partial charge is 0.490 e. The van der Waals surface area contributed by atoms with Crippen LogP contribution in [0.5, 0.6) is 5.75 Å². The number of ether oxygens (including phenoxy) is 1. The van der Waals surface area contributed by atoms with Crippen molar-refractivity contribution in [2.45, 2.75) is 26.2 Å². The Balaban J connectivity index is 1.82. The Morgan fingerprint density at radius 1 is 0.917 bits per heavy atom. The van der Waals surface area contributed by atoms with Crippen molar-refractivity contribution in [3.05, 3.63) is 78.4 Å². The first-order valence-corrected chi connectivity index (χ1v) is 8.38. The second kappa shape index (κ2) is 10.1. The standard InChI is InChI=1S/C22H23NO/c1-2-3-4-5-6-7-8-17-24-22-15-13-21(14-16-22)20-11-9-19(18-23)10-12-20/h5-16H,2-4,17H2,1H3. The van der Waals surface area contributed by atoms with E-state index in [0.29, 0.717) is 12.2 Å². The molecule has 0 fully saturated rings. The van der Waals surface area contributed by atoms with Crippen LogP contribution < -0.4 is 4.74 Å². The average Bonchev–Trinajstić information content (AvgIpc) is 2.64. The van der Waals surface area contributed by atoms with E-state index >= 15 is 0 Å². The summed E-state index contributed by atoms with van der Waals surface area (Å²) in [7, 11) is 0. The van der Waals surface area contributed by atoms with Crippen LogP contribution in [-0.2, 0) is 0 Å². The minimum Gasteiger partial charge on any atom is -0.490 e. The highest BCUT2D eigenvalue weighted by atomic mass is 16.5. The molecule has 2 nitrogen and oxygen atoms in total. The lowest BCUT2D eigenvalue weighted by Crippen LogP contribution is -1.92. The highest BCUT2D eigenvalue weighted by molar-refractivity contribution is 5.64. The van der Waals surface area contributed by atoms with Gasteiger partial charge in [-0.1, -0.05) is 62.3 Å². The number of hydrogen-bond donors (Lipinski definition) is 0. The molecule has 0 aromatic heterocycles. The van der Waals surface area contributed by atoms with Gasteiger partial charge < -0.3 is 4.74 Å². The number of hydrogen-bond acceptors (Lipinski definition) is 2. The summed E-state index contributed by atoms with van der Waals surface area (Å²) in [5.74, 6) is 0.854. The third kappa shape index (κ3) is 5.78. The van der Waals surface area contributed by atoms with Crippen LogP contribution in [0.15, 0.2) is 72.8 Å². The van der Waals surface area contributed by atoms with Gasteiger partial charge in [-0.2, -0.15) is 5.26 Å². The average molecular weight is 317 g/mol. The normalized spacial score (nSPS) is 11.0. The minimum atomic E-state index is 0.564. The van der Waals surface area contributed by atoms with E-state index in [4.69, 9.17) is 10.00 Å². The van der Waals surface area contributed by atoms with Crippen LogP contribution in [0, 0.1) is 11.3 Å². The first-order valence-electron chi connectivity index (χ1n) is 8.38. The molecule has 0 aliphatic heterocycles. The smallest absolute Gasteiger partial charge is 0.119 e. The molecule has 0 bridgehead atoms. The summed E-state index contributed by atoms with van der Waals surface area (Å²) in [5.41, 5.74) is 2.88. The van der Waals surface area contributed by atoms with Crippen molar-refractivity contribution in [1.82, 2.24) is 0 Å². The lowest BCUT2D eigenvalue weighted by atomic mass is 10.0. The molecule has 0 atom stereocenters. The monoisotopic (exact) mass is 317 g/mol. The molecule has 0 saturated carbocycles. The SMILES string of the molecule is CCCCC=CC=CCOc1ccc(-c2ccc(C#N)cc2)cc1. The molecule has 0 amide bonds. The Kier molecular flexibility index (Phi) is 7.37. The van der Waals surface area contributed by atoms with Gasteiger partial charge in [-0.15, -0.1) is 0 Å². The van der Waals surface area contributed by atoms with Crippen molar-refractivity contribution in [2.75, 3.05) is 6.61 Å². The van der Waals surface area contributed by atoms with Crippen molar-refractivity contribution in [2.24, 2.45) is 0 Å². The van der Waals surface area contributed by atoms with Gasteiger partial charge in [0.2, 0.25) is 0 Å². The maximum Gasteiger partial charge on any atom is 0.119 e. The Bertz CT molecular complexity index is 703. The van der Waals surface area contributed by atoms with Crippen LogP contribution >= 0.6 is 0 Å². The molecule has 0 saturated heterocycles. The van der Waals surface area contributed by atoms with Crippen LogP contribution in [0.4, 0.5) is 0 Å². The fourth-order valence-corrected chi connectivity index (χ4v) is 2.26. The summed E-state index contributed by atoms with van der Waals surface area (Å²) in [6.07, 6.45) is 11.9. The van der Waals surface area contributed by atoms with E-state index in [1.807, 2.05) is 60.7 Å². The van der Waals surface area contributed by atoms with Crippen LogP contribution in [0.2, 0.25) is 0 Å². The molecule has 2 heteroatoms. The lowest BCUT2D eigenvalue weighted by molar-refractivity contribution is 0.363. The first kappa shape index (κ1) is 17.6. The van der Waals surface area contributed by atoms with Crippen LogP contribution in [0.3, 0.4) is 0 Å². The molecule has 2 rings (SSSR count). The Morgan fingerprint density at radius 2 is 1.54 bits per heavy atom. The van der Waals surface area contributed by atoms with Gasteiger partial charge in [0.25, 0.3) is 0 Å². The van der Waals surface area contributed by atoms with Crippen molar-refractivity contribution in [3.8, 4) is 22.9 Å². The zero-order valence-corrected chi connectivity index (χ0v) is 14.1. The fraction of sp³-hybridized carbons (Fsp3) is 0.227. The van der Waals surface area contributed by atoms with E-state index in [-0.39, 0.29) is 0 Å². The quantitative estimate of drug-likeness (QED) is 0.448. The Labute approximate surface area is 144 Å². The van der Waals surface area contributed by atoms with Crippen molar-refractivity contribution >= 4 is 0 Å². The van der Waals surface area contributed by atoms with Crippen LogP contribution in [-0.4, -0.2) is 6.61 Å². The molecule has 122 valence electrons. The number of nitrogens with zero attached hydrogens (tertiary/aromatic N) is 1. The van der Waals surface area contributed by atoms with E-state index in [1.165, 1.54) is 12.8 Å². The van der Waals surface area contributed by atoms with Crippen LogP contribution in [0.25, 0.3) is 11.1 Å². The van der Waals surface area contributed by atoms with Gasteiger partial charge in [0.15, 0.2) is 0 Å². The van der Waals surface area contributed by atoms with Gasteiger partial charge in [-0.25, -0.2) is 0 Å². The molecule has 0 N–H and O–H groups in total. The first-order chi connectivity index (χ1) is 11.8. The number of rotatable bonds is 8. The van der Waals surface area contributed by atoms with Gasteiger partial charge in [0.1, 0.15) is 12.4 Å². The molecular formula is C22H23NO. The van der Waals surface area contributed by atoms with Crippen molar-refractivity contribution < 1.29 is 4.74 Å². The van der Waals surface area contributed by atoms with Gasteiger partial charge in [0, 0.05) is 0 Å². The molecule has 0 aliphatic rings. The molecule has 0 radical (unpaired) electrons. The minimum absolute atomic E-state index is 0.564. The van der Waals surface area contributed by atoms with Gasteiger partial charge in [-0.05, 0) is 47.9 Å². The molecule has 0 heterocycles. The number of allylic oxidation sites excluding steroid dienone is 3. The summed E-state index contributed by atoms with van der Waals surface area (Å²) < 4.78 is 5.70. The third-order valence-corrected chi connectivity index (χ3v) is 3.66. The highest BCUT2D eigenvalue weighted by Crippen LogP contribution is 2.22. The van der Waals surface area contributed by atoms with E-state index in [1.54, 1.807) is 0 Å². The molecule has 0 unspecified atom stereocenters. The van der Waals surface area contributed by atoms with Gasteiger partial charge >= 0.3 is 0 Å². The fourth-order valence-electron chi connectivity index (χ4n) is 2.26. The lowest BCUT2D eigenvalue weighted by Gasteiger charge is -2.05. The summed E-state index contributed by atoms with van der Waals surface area (Å²) in [4.78, 5) is 0. The molecule has 0 spiro atoms. The van der Waals surface area contributed by atoms with E-state index in [2.05, 4.69) is 25.1 Å². The summed E-state index contributed by atoms with van der Waals surface area (Å²) in [5, 5.41) is 8.83. The predicted octanol–water partition coefficient (Wildman–Crippen LogP) is 5.91. The van der Waals surface area contributed by atoms with E-state index in [0.717, 1.165) is 23.3 Å². The van der Waals surface area contributed by atoms with E-state index in [9.17, 15) is 0 Å². The summed E-state index contributed by atoms with van der Waals surface area (Å²) in [6.45, 7) is 2.76. The predicted molar refractivity (Wildman–Crippen MR) is 99.9 cm³/mol. The zero-order chi connectivity index (χ0) is 17.0. The second-order valence-electron chi connectivity index (χ2n) is 5.52. The molecule has 0 aliphatic carbocycles. The molecular weight excluding hydrogens is 294 g/mol. The number of nitriles is 1. The maximum atomic E-state index is 8.83. The molecule has 24 heavy (non-hydrogen) atoms. The second-order valence-corrected chi connectivity index (χ2v) is 5.52. The zero-order valence-electron chi connectivity index (χ0n) is 14.1. The Morgan fingerprint density at radius 3 is 2.17 bits per heavy atom. The number of unbranched alkanes of at least 4 members (excludes halogenated alkanes) is 2. The van der Waals surface area contributed by atoms with Crippen LogP contribution in [0.1, 0.15) is 31.7 Å². The summed E-state index contributed by atoms with van der Waals surface area (Å²) >= 11 is 0. The maximum absolute atomic E-state index is 8.83. The van der Waals surface area contributed by atoms with Crippen molar-refractivity contribution in [1.29, 1.82) is 5.26 Å². The topological polar surface area (TPSA) is 33.0 Å².